The highest BCUT2D eigenvalue weighted by molar-refractivity contribution is 4.90. The van der Waals surface area contributed by atoms with Crippen LogP contribution in [0.3, 0.4) is 0 Å². The van der Waals surface area contributed by atoms with Crippen LogP contribution in [0, 0.1) is 5.41 Å². The normalized spacial score (nSPS) is 17.0. The summed E-state index contributed by atoms with van der Waals surface area (Å²) in [4.78, 5) is 0. The number of hydrogen-bond acceptors (Lipinski definition) is 2. The molecule has 74 valence electrons. The van der Waals surface area contributed by atoms with E-state index in [1.165, 1.54) is 0 Å². The number of nitrogens with zero attached hydrogens (tertiary/aromatic N) is 2. The minimum absolute atomic E-state index is 0.111. The molecule has 1 aromatic heterocycles. The molecule has 13 heavy (non-hydrogen) atoms. The summed E-state index contributed by atoms with van der Waals surface area (Å²) in [5, 5.41) is 4.24. The van der Waals surface area contributed by atoms with Crippen LogP contribution in [0.25, 0.3) is 0 Å². The molecule has 2 N–H and O–H groups in total. The first kappa shape index (κ1) is 10.3. The topological polar surface area (TPSA) is 43.8 Å². The molecule has 2 unspecified atom stereocenters. The van der Waals surface area contributed by atoms with Crippen molar-refractivity contribution in [2.75, 3.05) is 0 Å². The zero-order chi connectivity index (χ0) is 10.1. The van der Waals surface area contributed by atoms with Gasteiger partial charge in [-0.3, -0.25) is 4.68 Å². The minimum atomic E-state index is 0.111. The molecule has 1 heterocycles. The number of hydrogen-bond donors (Lipinski definition) is 1. The average Bonchev–Trinajstić information content (AvgIpc) is 2.34. The summed E-state index contributed by atoms with van der Waals surface area (Å²) in [6.45, 7) is 8.58. The summed E-state index contributed by atoms with van der Waals surface area (Å²) in [6, 6.07) is 2.29. The Kier molecular flexibility index (Phi) is 2.76. The number of nitrogens with two attached hydrogens (primary N) is 1. The van der Waals surface area contributed by atoms with Gasteiger partial charge in [0.15, 0.2) is 0 Å². The molecule has 3 heteroatoms. The minimum Gasteiger partial charge on any atom is -0.326 e. The van der Waals surface area contributed by atoms with Gasteiger partial charge in [0.2, 0.25) is 0 Å². The molecule has 0 bridgehead atoms. The van der Waals surface area contributed by atoms with Crippen molar-refractivity contribution in [3.8, 4) is 0 Å². The predicted molar refractivity (Wildman–Crippen MR) is 54.4 cm³/mol. The summed E-state index contributed by atoms with van der Waals surface area (Å²) >= 11 is 0. The van der Waals surface area contributed by atoms with Gasteiger partial charge in [-0.15, -0.1) is 0 Å². The van der Waals surface area contributed by atoms with E-state index in [-0.39, 0.29) is 17.5 Å². The lowest BCUT2D eigenvalue weighted by molar-refractivity contribution is 0.196. The second-order valence-electron chi connectivity index (χ2n) is 4.66. The lowest BCUT2D eigenvalue weighted by atomic mass is 9.83. The molecule has 0 aliphatic rings. The largest absolute Gasteiger partial charge is 0.326 e. The lowest BCUT2D eigenvalue weighted by Gasteiger charge is -2.33. The molecule has 1 aromatic rings. The van der Waals surface area contributed by atoms with E-state index in [1.807, 2.05) is 23.9 Å². The number of rotatable bonds is 2. The zero-order valence-electron chi connectivity index (χ0n) is 8.86. The van der Waals surface area contributed by atoms with Gasteiger partial charge >= 0.3 is 0 Å². The fraction of sp³-hybridized carbons (Fsp3) is 0.700. The van der Waals surface area contributed by atoms with Crippen LogP contribution in [-0.4, -0.2) is 15.8 Å². The Morgan fingerprint density at radius 2 is 2.00 bits per heavy atom. The second-order valence-corrected chi connectivity index (χ2v) is 4.66. The smallest absolute Gasteiger partial charge is 0.0715 e. The van der Waals surface area contributed by atoms with E-state index in [9.17, 15) is 0 Å². The summed E-state index contributed by atoms with van der Waals surface area (Å²) in [6.07, 6.45) is 3.76. The Hall–Kier alpha value is -0.830. The average molecular weight is 181 g/mol. The van der Waals surface area contributed by atoms with Gasteiger partial charge in [0.1, 0.15) is 0 Å². The third-order valence-corrected chi connectivity index (χ3v) is 2.20. The van der Waals surface area contributed by atoms with Gasteiger partial charge in [-0.25, -0.2) is 0 Å². The van der Waals surface area contributed by atoms with Crippen molar-refractivity contribution in [1.82, 2.24) is 9.78 Å². The third-order valence-electron chi connectivity index (χ3n) is 2.20. The molecule has 2 atom stereocenters. The summed E-state index contributed by atoms with van der Waals surface area (Å²) in [5.41, 5.74) is 6.09. The second kappa shape index (κ2) is 3.50. The molecular weight excluding hydrogens is 162 g/mol. The summed E-state index contributed by atoms with van der Waals surface area (Å²) in [7, 11) is 0. The number of aromatic nitrogens is 2. The summed E-state index contributed by atoms with van der Waals surface area (Å²) in [5.74, 6) is 0. The van der Waals surface area contributed by atoms with Gasteiger partial charge in [0.05, 0.1) is 6.04 Å². The SMILES string of the molecule is CC(N)C(n1cccn1)C(C)(C)C. The van der Waals surface area contributed by atoms with Gasteiger partial charge in [0.25, 0.3) is 0 Å². The van der Waals surface area contributed by atoms with Crippen LogP contribution in [0.4, 0.5) is 0 Å². The molecule has 0 aromatic carbocycles. The maximum Gasteiger partial charge on any atom is 0.0715 e. The Bertz CT molecular complexity index is 244. The summed E-state index contributed by atoms with van der Waals surface area (Å²) < 4.78 is 1.95. The molecule has 0 fully saturated rings. The van der Waals surface area contributed by atoms with Crippen LogP contribution in [0.1, 0.15) is 33.7 Å². The molecule has 3 nitrogen and oxygen atoms in total. The Morgan fingerprint density at radius 3 is 2.31 bits per heavy atom. The van der Waals surface area contributed by atoms with E-state index in [2.05, 4.69) is 25.9 Å². The van der Waals surface area contributed by atoms with Gasteiger partial charge < -0.3 is 5.73 Å². The van der Waals surface area contributed by atoms with E-state index in [0.29, 0.717) is 0 Å². The fourth-order valence-electron chi connectivity index (χ4n) is 1.87. The molecule has 0 aliphatic carbocycles. The van der Waals surface area contributed by atoms with Crippen molar-refractivity contribution in [1.29, 1.82) is 0 Å². The van der Waals surface area contributed by atoms with E-state index >= 15 is 0 Å². The van der Waals surface area contributed by atoms with E-state index < -0.39 is 0 Å². The van der Waals surface area contributed by atoms with Crippen LogP contribution in [-0.2, 0) is 0 Å². The standard InChI is InChI=1S/C10H19N3/c1-8(11)9(10(2,3)4)13-7-5-6-12-13/h5-9H,11H2,1-4H3. The van der Waals surface area contributed by atoms with Crippen molar-refractivity contribution in [2.45, 2.75) is 39.8 Å². The first-order valence-corrected chi connectivity index (χ1v) is 4.67. The van der Waals surface area contributed by atoms with Crippen LogP contribution in [0.15, 0.2) is 18.5 Å². The molecule has 0 spiro atoms. The maximum atomic E-state index is 5.95. The molecule has 0 saturated heterocycles. The highest BCUT2D eigenvalue weighted by Gasteiger charge is 2.29. The highest BCUT2D eigenvalue weighted by atomic mass is 15.3. The van der Waals surface area contributed by atoms with Crippen LogP contribution in [0.5, 0.6) is 0 Å². The van der Waals surface area contributed by atoms with Crippen molar-refractivity contribution < 1.29 is 0 Å². The fourth-order valence-corrected chi connectivity index (χ4v) is 1.87. The monoisotopic (exact) mass is 181 g/mol. The molecule has 0 aliphatic heterocycles. The zero-order valence-corrected chi connectivity index (χ0v) is 8.86. The molecule has 0 radical (unpaired) electrons. The van der Waals surface area contributed by atoms with Crippen molar-refractivity contribution in [2.24, 2.45) is 11.1 Å². The van der Waals surface area contributed by atoms with Crippen molar-refractivity contribution in [3.63, 3.8) is 0 Å². The highest BCUT2D eigenvalue weighted by Crippen LogP contribution is 2.31. The van der Waals surface area contributed by atoms with E-state index in [1.54, 1.807) is 6.20 Å². The van der Waals surface area contributed by atoms with E-state index in [0.717, 1.165) is 0 Å². The van der Waals surface area contributed by atoms with Gasteiger partial charge in [-0.05, 0) is 18.4 Å². The van der Waals surface area contributed by atoms with Crippen molar-refractivity contribution in [3.05, 3.63) is 18.5 Å². The molecular formula is C10H19N3. The molecule has 1 rings (SSSR count). The Balaban J connectivity index is 2.94. The van der Waals surface area contributed by atoms with E-state index in [4.69, 9.17) is 5.73 Å². The third kappa shape index (κ3) is 2.31. The maximum absolute atomic E-state index is 5.95. The Morgan fingerprint density at radius 1 is 1.38 bits per heavy atom. The van der Waals surface area contributed by atoms with Gasteiger partial charge in [-0.1, -0.05) is 20.8 Å². The van der Waals surface area contributed by atoms with Gasteiger partial charge in [-0.2, -0.15) is 5.10 Å². The lowest BCUT2D eigenvalue weighted by Crippen LogP contribution is -2.38. The van der Waals surface area contributed by atoms with Crippen molar-refractivity contribution >= 4 is 0 Å². The van der Waals surface area contributed by atoms with Crippen LogP contribution >= 0.6 is 0 Å². The first-order valence-electron chi connectivity index (χ1n) is 4.67. The quantitative estimate of drug-likeness (QED) is 0.756. The van der Waals surface area contributed by atoms with Crippen LogP contribution in [0.2, 0.25) is 0 Å². The van der Waals surface area contributed by atoms with Crippen LogP contribution < -0.4 is 5.73 Å². The molecule has 0 amide bonds. The van der Waals surface area contributed by atoms with Gasteiger partial charge in [0, 0.05) is 18.4 Å². The molecule has 0 saturated carbocycles. The first-order chi connectivity index (χ1) is 5.93. The predicted octanol–water partition coefficient (Wildman–Crippen LogP) is 1.82. The Labute approximate surface area is 79.9 Å².